The topological polar surface area (TPSA) is 55.8 Å². The van der Waals surface area contributed by atoms with Gasteiger partial charge in [-0.1, -0.05) is 75.6 Å². The van der Waals surface area contributed by atoms with Gasteiger partial charge in [0.25, 0.3) is 0 Å². The molecule has 2 aromatic carbocycles. The molecule has 0 radical (unpaired) electrons. The molecule has 3 rings (SSSR count). The third-order valence-electron chi connectivity index (χ3n) is 7.35. The molecule has 196 valence electrons. The number of aliphatic hydroxyl groups excluding tert-OH is 1. The Balaban J connectivity index is 1.65. The van der Waals surface area contributed by atoms with Gasteiger partial charge in [0.2, 0.25) is 0 Å². The fourth-order valence-corrected chi connectivity index (χ4v) is 5.17. The number of ether oxygens (including phenoxy) is 2. The lowest BCUT2D eigenvalue weighted by molar-refractivity contribution is -0.139. The van der Waals surface area contributed by atoms with E-state index in [2.05, 4.69) is 49.9 Å². The number of hydrogen-bond acceptors (Lipinski definition) is 4. The summed E-state index contributed by atoms with van der Waals surface area (Å²) < 4.78 is 11.3. The summed E-state index contributed by atoms with van der Waals surface area (Å²) in [6.07, 6.45) is 12.3. The quantitative estimate of drug-likeness (QED) is 0.167. The van der Waals surface area contributed by atoms with Gasteiger partial charge in [-0.25, -0.2) is 4.79 Å². The van der Waals surface area contributed by atoms with Crippen LogP contribution in [0.4, 0.5) is 0 Å². The minimum atomic E-state index is -0.402. The summed E-state index contributed by atoms with van der Waals surface area (Å²) in [6, 6.07) is 15.2. The van der Waals surface area contributed by atoms with Crippen molar-refractivity contribution in [2.75, 3.05) is 19.8 Å². The highest BCUT2D eigenvalue weighted by Gasteiger charge is 2.22. The molecule has 0 aliphatic heterocycles. The van der Waals surface area contributed by atoms with Crippen LogP contribution in [0, 0.1) is 5.92 Å². The number of hydrogen-bond donors (Lipinski definition) is 1. The zero-order valence-corrected chi connectivity index (χ0v) is 22.3. The van der Waals surface area contributed by atoms with Crippen LogP contribution in [0.25, 0.3) is 11.1 Å². The molecular weight excluding hydrogens is 448 g/mol. The Morgan fingerprint density at radius 2 is 1.75 bits per heavy atom. The number of esters is 1. The molecule has 0 saturated heterocycles. The zero-order valence-electron chi connectivity index (χ0n) is 22.3. The third kappa shape index (κ3) is 8.51. The van der Waals surface area contributed by atoms with Crippen molar-refractivity contribution in [2.24, 2.45) is 5.92 Å². The summed E-state index contributed by atoms with van der Waals surface area (Å²) >= 11 is 0. The van der Waals surface area contributed by atoms with Crippen molar-refractivity contribution in [1.82, 2.24) is 0 Å². The van der Waals surface area contributed by atoms with Crippen molar-refractivity contribution in [3.63, 3.8) is 0 Å². The highest BCUT2D eigenvalue weighted by molar-refractivity contribution is 5.86. The molecule has 4 nitrogen and oxygen atoms in total. The van der Waals surface area contributed by atoms with Gasteiger partial charge < -0.3 is 14.6 Å². The summed E-state index contributed by atoms with van der Waals surface area (Å²) in [5.74, 6) is 1.96. The maximum Gasteiger partial charge on any atom is 0.333 e. The first-order chi connectivity index (χ1) is 17.5. The Bertz CT molecular complexity index is 955. The van der Waals surface area contributed by atoms with E-state index in [0.717, 1.165) is 34.8 Å². The average molecular weight is 493 g/mol. The molecule has 0 aromatic heterocycles. The Morgan fingerprint density at radius 3 is 2.42 bits per heavy atom. The molecule has 0 bridgehead atoms. The van der Waals surface area contributed by atoms with Crippen LogP contribution in [0.2, 0.25) is 0 Å². The molecular formula is C32H44O4. The van der Waals surface area contributed by atoms with Crippen molar-refractivity contribution in [2.45, 2.75) is 84.0 Å². The van der Waals surface area contributed by atoms with Crippen LogP contribution in [-0.4, -0.2) is 30.9 Å². The highest BCUT2D eigenvalue weighted by Crippen LogP contribution is 2.39. The first-order valence-electron chi connectivity index (χ1n) is 13.8. The lowest BCUT2D eigenvalue weighted by Gasteiger charge is -2.29. The van der Waals surface area contributed by atoms with Crippen molar-refractivity contribution in [3.05, 3.63) is 65.7 Å². The summed E-state index contributed by atoms with van der Waals surface area (Å²) in [7, 11) is 0. The number of aliphatic hydroxyl groups is 1. The summed E-state index contributed by atoms with van der Waals surface area (Å²) in [5, 5.41) is 9.21. The van der Waals surface area contributed by atoms with Gasteiger partial charge in [-0.2, -0.15) is 0 Å². The lowest BCUT2D eigenvalue weighted by Crippen LogP contribution is -2.13. The van der Waals surface area contributed by atoms with Gasteiger partial charge in [0, 0.05) is 17.7 Å². The van der Waals surface area contributed by atoms with Gasteiger partial charge in [-0.05, 0) is 80.0 Å². The second-order valence-electron chi connectivity index (χ2n) is 10.3. The Kier molecular flexibility index (Phi) is 11.5. The second-order valence-corrected chi connectivity index (χ2v) is 10.3. The molecule has 4 heteroatoms. The maximum atomic E-state index is 11.7. The number of benzene rings is 2. The molecule has 0 heterocycles. The van der Waals surface area contributed by atoms with Crippen LogP contribution < -0.4 is 4.74 Å². The van der Waals surface area contributed by atoms with E-state index in [1.807, 2.05) is 6.07 Å². The van der Waals surface area contributed by atoms with Crippen molar-refractivity contribution < 1.29 is 19.4 Å². The highest BCUT2D eigenvalue weighted by atomic mass is 16.6. The van der Waals surface area contributed by atoms with E-state index in [0.29, 0.717) is 17.9 Å². The number of carbonyl (C=O) groups is 1. The van der Waals surface area contributed by atoms with Crippen LogP contribution in [0.1, 0.15) is 88.7 Å². The lowest BCUT2D eigenvalue weighted by atomic mass is 9.77. The van der Waals surface area contributed by atoms with E-state index >= 15 is 0 Å². The van der Waals surface area contributed by atoms with Gasteiger partial charge >= 0.3 is 5.97 Å². The van der Waals surface area contributed by atoms with Crippen LogP contribution in [0.3, 0.4) is 0 Å². The Hall–Kier alpha value is -2.59. The summed E-state index contributed by atoms with van der Waals surface area (Å²) in [4.78, 5) is 11.7. The maximum absolute atomic E-state index is 11.7. The largest absolute Gasteiger partial charge is 0.489 e. The second kappa shape index (κ2) is 14.8. The smallest absolute Gasteiger partial charge is 0.333 e. The molecule has 1 aliphatic rings. The van der Waals surface area contributed by atoms with Crippen LogP contribution in [0.5, 0.6) is 5.75 Å². The predicted octanol–water partition coefficient (Wildman–Crippen LogP) is 7.63. The van der Waals surface area contributed by atoms with Gasteiger partial charge in [0.05, 0.1) is 0 Å². The molecule has 0 atom stereocenters. The van der Waals surface area contributed by atoms with Crippen molar-refractivity contribution >= 4 is 5.97 Å². The van der Waals surface area contributed by atoms with Gasteiger partial charge in [-0.15, -0.1) is 0 Å². The van der Waals surface area contributed by atoms with Crippen LogP contribution in [0.15, 0.2) is 54.6 Å². The molecule has 1 fully saturated rings. The minimum Gasteiger partial charge on any atom is -0.489 e. The van der Waals surface area contributed by atoms with E-state index in [4.69, 9.17) is 9.47 Å². The number of aryl methyl sites for hydroxylation is 1. The van der Waals surface area contributed by atoms with Gasteiger partial charge in [0.1, 0.15) is 19.0 Å². The number of carbonyl (C=O) groups excluding carboxylic acids is 1. The van der Waals surface area contributed by atoms with Crippen LogP contribution in [-0.2, 0) is 16.0 Å². The summed E-state index contributed by atoms with van der Waals surface area (Å²) in [6.45, 7) is 8.13. The molecule has 0 amide bonds. The fraction of sp³-hybridized carbons (Fsp3) is 0.531. The predicted molar refractivity (Wildman–Crippen MR) is 147 cm³/mol. The van der Waals surface area contributed by atoms with E-state index in [1.54, 1.807) is 6.92 Å². The molecule has 36 heavy (non-hydrogen) atoms. The van der Waals surface area contributed by atoms with Crippen molar-refractivity contribution in [1.29, 1.82) is 0 Å². The molecule has 0 spiro atoms. The van der Waals surface area contributed by atoms with Gasteiger partial charge in [0.15, 0.2) is 0 Å². The monoisotopic (exact) mass is 492 g/mol. The van der Waals surface area contributed by atoms with E-state index < -0.39 is 5.97 Å². The molecule has 0 unspecified atom stereocenters. The standard InChI is InChI=1S/C32H44O4/c1-4-5-6-8-25-10-13-27(14-11-25)28-15-17-29(18-16-28)30-19-12-26(9-7-20-33)23-31(30)35-21-22-36-32(34)24(2)3/h12,15-19,23,25,27,33H,2,4-11,13-14,20-22H2,1,3H3. The van der Waals surface area contributed by atoms with Crippen LogP contribution >= 0.6 is 0 Å². The number of rotatable bonds is 14. The molecule has 1 saturated carbocycles. The normalized spacial score (nSPS) is 17.5. The molecule has 1 aliphatic carbocycles. The first kappa shape index (κ1) is 28.0. The Labute approximate surface area is 217 Å². The zero-order chi connectivity index (χ0) is 25.8. The average Bonchev–Trinajstić information content (AvgIpc) is 2.90. The SMILES string of the molecule is C=C(C)C(=O)OCCOc1cc(CCCO)ccc1-c1ccc(C2CCC(CCCCC)CC2)cc1. The number of unbranched alkanes of at least 4 members (excludes halogenated alkanes) is 2. The Morgan fingerprint density at radius 1 is 1.00 bits per heavy atom. The van der Waals surface area contributed by atoms with E-state index in [-0.39, 0.29) is 19.8 Å². The third-order valence-corrected chi connectivity index (χ3v) is 7.35. The van der Waals surface area contributed by atoms with E-state index in [1.165, 1.54) is 56.9 Å². The minimum absolute atomic E-state index is 0.164. The summed E-state index contributed by atoms with van der Waals surface area (Å²) in [5.41, 5.74) is 5.09. The molecule has 2 aromatic rings. The first-order valence-corrected chi connectivity index (χ1v) is 13.8. The van der Waals surface area contributed by atoms with Gasteiger partial charge in [-0.3, -0.25) is 0 Å². The fourth-order valence-electron chi connectivity index (χ4n) is 5.17. The van der Waals surface area contributed by atoms with Crippen molar-refractivity contribution in [3.8, 4) is 16.9 Å². The van der Waals surface area contributed by atoms with E-state index in [9.17, 15) is 9.90 Å². The molecule has 1 N–H and O–H groups in total.